The van der Waals surface area contributed by atoms with Crippen LogP contribution in [0.15, 0.2) is 30.3 Å². The Bertz CT molecular complexity index is 1080. The second-order valence-corrected chi connectivity index (χ2v) is 7.67. The van der Waals surface area contributed by atoms with Crippen LogP contribution in [-0.4, -0.2) is 42.9 Å². The minimum Gasteiger partial charge on any atom is -0.493 e. The van der Waals surface area contributed by atoms with Gasteiger partial charge in [0.05, 0.1) is 14.2 Å². The van der Waals surface area contributed by atoms with Gasteiger partial charge in [0.25, 0.3) is 0 Å². The number of anilines is 1. The molecule has 8 nitrogen and oxygen atoms in total. The van der Waals surface area contributed by atoms with Crippen molar-refractivity contribution in [2.75, 3.05) is 19.5 Å². The summed E-state index contributed by atoms with van der Waals surface area (Å²) in [5.41, 5.74) is 3.51. The zero-order chi connectivity index (χ0) is 22.3. The normalized spacial score (nSPS) is 19.8. The monoisotopic (exact) mass is 424 g/mol. The molecule has 0 aromatic heterocycles. The van der Waals surface area contributed by atoms with E-state index in [4.69, 9.17) is 14.2 Å². The SMILES string of the molecule is COc1ccc2c(c1OC)C(=O)OC2N1C(=O)CCC1C(=O)Nc1ccc(C)c(C)c1. The highest BCUT2D eigenvalue weighted by molar-refractivity contribution is 6.01. The van der Waals surface area contributed by atoms with E-state index in [1.807, 2.05) is 32.0 Å². The third-order valence-electron chi connectivity index (χ3n) is 5.85. The van der Waals surface area contributed by atoms with Crippen molar-refractivity contribution < 1.29 is 28.6 Å². The summed E-state index contributed by atoms with van der Waals surface area (Å²) in [6.07, 6.45) is -0.457. The Morgan fingerprint density at radius 3 is 2.55 bits per heavy atom. The molecule has 0 radical (unpaired) electrons. The molecule has 0 spiro atoms. The number of likely N-dealkylation sites (tertiary alicyclic amines) is 1. The van der Waals surface area contributed by atoms with E-state index in [-0.39, 0.29) is 29.5 Å². The molecule has 2 aromatic rings. The molecule has 0 bridgehead atoms. The Kier molecular flexibility index (Phi) is 5.31. The van der Waals surface area contributed by atoms with Gasteiger partial charge in [0.2, 0.25) is 18.0 Å². The second-order valence-electron chi connectivity index (χ2n) is 7.67. The van der Waals surface area contributed by atoms with Crippen molar-refractivity contribution in [1.82, 2.24) is 4.90 Å². The molecular weight excluding hydrogens is 400 g/mol. The van der Waals surface area contributed by atoms with Crippen LogP contribution in [0.4, 0.5) is 5.69 Å². The van der Waals surface area contributed by atoms with Crippen molar-refractivity contribution >= 4 is 23.5 Å². The lowest BCUT2D eigenvalue weighted by molar-refractivity contribution is -0.144. The zero-order valence-electron chi connectivity index (χ0n) is 17.9. The molecule has 0 saturated carbocycles. The van der Waals surface area contributed by atoms with Crippen LogP contribution in [0, 0.1) is 13.8 Å². The van der Waals surface area contributed by atoms with E-state index >= 15 is 0 Å². The molecule has 2 aliphatic heterocycles. The first-order valence-corrected chi connectivity index (χ1v) is 10.0. The first kappa shape index (κ1) is 20.7. The number of carbonyl (C=O) groups is 3. The summed E-state index contributed by atoms with van der Waals surface area (Å²) >= 11 is 0. The highest BCUT2D eigenvalue weighted by Gasteiger charge is 2.47. The molecule has 31 heavy (non-hydrogen) atoms. The first-order valence-electron chi connectivity index (χ1n) is 10.0. The Morgan fingerprint density at radius 2 is 1.87 bits per heavy atom. The number of hydrogen-bond acceptors (Lipinski definition) is 6. The van der Waals surface area contributed by atoms with Gasteiger partial charge in [0.15, 0.2) is 11.5 Å². The summed E-state index contributed by atoms with van der Waals surface area (Å²) in [7, 11) is 2.90. The first-order chi connectivity index (χ1) is 14.8. The van der Waals surface area contributed by atoms with Crippen LogP contribution in [-0.2, 0) is 14.3 Å². The number of nitrogens with zero attached hydrogens (tertiary/aromatic N) is 1. The number of amides is 2. The highest BCUT2D eigenvalue weighted by Crippen LogP contribution is 2.45. The number of aryl methyl sites for hydroxylation is 2. The van der Waals surface area contributed by atoms with Crippen molar-refractivity contribution in [3.05, 3.63) is 52.6 Å². The molecule has 2 heterocycles. The van der Waals surface area contributed by atoms with Gasteiger partial charge < -0.3 is 19.5 Å². The Labute approximate surface area is 180 Å². The summed E-state index contributed by atoms with van der Waals surface area (Å²) < 4.78 is 16.2. The van der Waals surface area contributed by atoms with E-state index in [1.54, 1.807) is 12.1 Å². The number of hydrogen-bond donors (Lipinski definition) is 1. The largest absolute Gasteiger partial charge is 0.493 e. The van der Waals surface area contributed by atoms with E-state index < -0.39 is 18.2 Å². The number of nitrogens with one attached hydrogen (secondary N) is 1. The van der Waals surface area contributed by atoms with Crippen LogP contribution in [0.1, 0.15) is 46.1 Å². The second kappa shape index (κ2) is 7.94. The number of esters is 1. The minimum absolute atomic E-state index is 0.196. The van der Waals surface area contributed by atoms with Gasteiger partial charge in [-0.1, -0.05) is 6.07 Å². The predicted octanol–water partition coefficient (Wildman–Crippen LogP) is 3.12. The molecule has 1 N–H and O–H groups in total. The quantitative estimate of drug-likeness (QED) is 0.742. The van der Waals surface area contributed by atoms with Crippen LogP contribution in [0.25, 0.3) is 0 Å². The van der Waals surface area contributed by atoms with E-state index in [1.165, 1.54) is 19.1 Å². The van der Waals surface area contributed by atoms with Crippen molar-refractivity contribution in [2.24, 2.45) is 0 Å². The molecule has 1 saturated heterocycles. The molecular formula is C23H24N2O6. The molecule has 4 rings (SSSR count). The number of rotatable bonds is 5. The maximum absolute atomic E-state index is 13.1. The van der Waals surface area contributed by atoms with Crippen LogP contribution >= 0.6 is 0 Å². The van der Waals surface area contributed by atoms with Crippen molar-refractivity contribution in [3.63, 3.8) is 0 Å². The number of ether oxygens (including phenoxy) is 3. The third-order valence-corrected chi connectivity index (χ3v) is 5.85. The average Bonchev–Trinajstić information content (AvgIpc) is 3.29. The fourth-order valence-electron chi connectivity index (χ4n) is 4.09. The molecule has 2 aliphatic rings. The Morgan fingerprint density at radius 1 is 1.10 bits per heavy atom. The molecule has 2 aromatic carbocycles. The van der Waals surface area contributed by atoms with E-state index in [0.717, 1.165) is 11.1 Å². The molecule has 0 aliphatic carbocycles. The fourth-order valence-corrected chi connectivity index (χ4v) is 4.09. The van der Waals surface area contributed by atoms with Crippen molar-refractivity contribution in [2.45, 2.75) is 39.0 Å². The fraction of sp³-hybridized carbons (Fsp3) is 0.348. The molecule has 8 heteroatoms. The van der Waals surface area contributed by atoms with Gasteiger partial charge >= 0.3 is 5.97 Å². The van der Waals surface area contributed by atoms with Gasteiger partial charge in [-0.15, -0.1) is 0 Å². The average molecular weight is 424 g/mol. The summed E-state index contributed by atoms with van der Waals surface area (Å²) in [5, 5.41) is 2.88. The topological polar surface area (TPSA) is 94.2 Å². The number of fused-ring (bicyclic) bond motifs is 1. The van der Waals surface area contributed by atoms with Gasteiger partial charge in [-0.25, -0.2) is 4.79 Å². The number of methoxy groups -OCH3 is 2. The van der Waals surface area contributed by atoms with E-state index in [0.29, 0.717) is 23.4 Å². The van der Waals surface area contributed by atoms with Gasteiger partial charge in [0.1, 0.15) is 11.6 Å². The summed E-state index contributed by atoms with van der Waals surface area (Å²) in [6.45, 7) is 3.96. The predicted molar refractivity (Wildman–Crippen MR) is 112 cm³/mol. The molecule has 2 atom stereocenters. The van der Waals surface area contributed by atoms with Crippen LogP contribution in [0.2, 0.25) is 0 Å². The zero-order valence-corrected chi connectivity index (χ0v) is 17.9. The lowest BCUT2D eigenvalue weighted by Crippen LogP contribution is -2.43. The highest BCUT2D eigenvalue weighted by atomic mass is 16.6. The molecule has 1 fully saturated rings. The van der Waals surface area contributed by atoms with Crippen molar-refractivity contribution in [1.29, 1.82) is 0 Å². The molecule has 2 amide bonds. The molecule has 162 valence electrons. The number of cyclic esters (lactones) is 1. The van der Waals surface area contributed by atoms with Crippen LogP contribution in [0.3, 0.4) is 0 Å². The lowest BCUT2D eigenvalue weighted by Gasteiger charge is -2.29. The van der Waals surface area contributed by atoms with Gasteiger partial charge in [0, 0.05) is 17.7 Å². The smallest absolute Gasteiger partial charge is 0.344 e. The van der Waals surface area contributed by atoms with Gasteiger partial charge in [-0.2, -0.15) is 0 Å². The standard InChI is InChI=1S/C23H24N2O6/c1-12-5-6-14(11-13(12)2)24-21(27)16-8-10-18(26)25(16)22-15-7-9-17(29-3)20(30-4)19(15)23(28)31-22/h5-7,9,11,16,22H,8,10H2,1-4H3,(H,24,27). The van der Waals surface area contributed by atoms with Gasteiger partial charge in [-0.3, -0.25) is 14.5 Å². The maximum atomic E-state index is 13.1. The minimum atomic E-state index is -0.993. The summed E-state index contributed by atoms with van der Waals surface area (Å²) in [4.78, 5) is 39.8. The summed E-state index contributed by atoms with van der Waals surface area (Å²) in [6, 6.07) is 8.19. The van der Waals surface area contributed by atoms with Crippen molar-refractivity contribution in [3.8, 4) is 11.5 Å². The van der Waals surface area contributed by atoms with Gasteiger partial charge in [-0.05, 0) is 55.7 Å². The van der Waals surface area contributed by atoms with Crippen LogP contribution < -0.4 is 14.8 Å². The summed E-state index contributed by atoms with van der Waals surface area (Å²) in [5.74, 6) is -0.561. The third kappa shape index (κ3) is 3.48. The maximum Gasteiger partial charge on any atom is 0.344 e. The van der Waals surface area contributed by atoms with E-state index in [9.17, 15) is 14.4 Å². The Balaban J connectivity index is 1.64. The number of benzene rings is 2. The van der Waals surface area contributed by atoms with Crippen LogP contribution in [0.5, 0.6) is 11.5 Å². The van der Waals surface area contributed by atoms with E-state index in [2.05, 4.69) is 5.32 Å². The Hall–Kier alpha value is -3.55. The molecule has 2 unspecified atom stereocenters. The number of carbonyl (C=O) groups excluding carboxylic acids is 3. The lowest BCUT2D eigenvalue weighted by atomic mass is 10.0.